The van der Waals surface area contributed by atoms with Crippen LogP contribution in [0.4, 0.5) is 5.69 Å². The first-order valence-electron chi connectivity index (χ1n) is 9.86. The average Bonchev–Trinajstić information content (AvgIpc) is 3.33. The number of rotatable bonds is 7. The van der Waals surface area contributed by atoms with Crippen LogP contribution in [0.3, 0.4) is 0 Å². The van der Waals surface area contributed by atoms with E-state index in [2.05, 4.69) is 26.9 Å². The Morgan fingerprint density at radius 3 is 2.84 bits per heavy atom. The van der Waals surface area contributed by atoms with E-state index in [9.17, 15) is 9.59 Å². The molecule has 9 heteroatoms. The number of aryl methyl sites for hydroxylation is 1. The summed E-state index contributed by atoms with van der Waals surface area (Å²) in [6.45, 7) is 2.77. The number of carbonyl (C=O) groups excluding carboxylic acids is 1. The maximum absolute atomic E-state index is 13.1. The van der Waals surface area contributed by atoms with Gasteiger partial charge < -0.3 is 14.6 Å². The van der Waals surface area contributed by atoms with Gasteiger partial charge in [0.05, 0.1) is 17.8 Å². The van der Waals surface area contributed by atoms with Gasteiger partial charge in [-0.1, -0.05) is 30.1 Å². The molecule has 0 fully saturated rings. The first-order valence-corrected chi connectivity index (χ1v) is 10.2. The maximum atomic E-state index is 13.1. The Morgan fingerprint density at radius 1 is 1.26 bits per heavy atom. The second-order valence-corrected chi connectivity index (χ2v) is 7.54. The van der Waals surface area contributed by atoms with E-state index in [1.165, 1.54) is 0 Å². The first-order chi connectivity index (χ1) is 15.0. The summed E-state index contributed by atoms with van der Waals surface area (Å²) in [4.78, 5) is 26.9. The molecule has 4 aromatic rings. The standard InChI is InChI=1S/C22H21ClN4O4/c1-3-4-9-30-15-7-5-13-10-19(27(2)18(13)12-15)21(28)24-17-8-6-14(23)11-16(17)20-25-22(29)31-26-20/h5-8,10-12H,3-4,9H2,1-2H3,(H,24,28)(H,25,26,29). The van der Waals surface area contributed by atoms with Crippen LogP contribution >= 0.6 is 11.6 Å². The van der Waals surface area contributed by atoms with E-state index < -0.39 is 5.76 Å². The Morgan fingerprint density at radius 2 is 2.10 bits per heavy atom. The van der Waals surface area contributed by atoms with Gasteiger partial charge in [-0.25, -0.2) is 4.79 Å². The summed E-state index contributed by atoms with van der Waals surface area (Å²) in [6.07, 6.45) is 2.05. The first kappa shape index (κ1) is 20.7. The molecular weight excluding hydrogens is 420 g/mol. The summed E-state index contributed by atoms with van der Waals surface area (Å²) in [5.74, 6) is -0.0720. The number of unbranched alkanes of at least 4 members (excludes halogenated alkanes) is 1. The van der Waals surface area contributed by atoms with Crippen molar-refractivity contribution in [1.82, 2.24) is 14.7 Å². The zero-order valence-corrected chi connectivity index (χ0v) is 17.8. The van der Waals surface area contributed by atoms with Crippen molar-refractivity contribution in [2.75, 3.05) is 11.9 Å². The largest absolute Gasteiger partial charge is 0.494 e. The molecule has 1 amide bonds. The molecule has 0 unspecified atom stereocenters. The minimum atomic E-state index is -0.696. The summed E-state index contributed by atoms with van der Waals surface area (Å²) < 4.78 is 12.2. The van der Waals surface area contributed by atoms with Crippen molar-refractivity contribution in [2.24, 2.45) is 7.05 Å². The second-order valence-electron chi connectivity index (χ2n) is 7.10. The van der Waals surface area contributed by atoms with Gasteiger partial charge in [-0.2, -0.15) is 0 Å². The van der Waals surface area contributed by atoms with Crippen molar-refractivity contribution in [1.29, 1.82) is 0 Å². The number of nitrogens with one attached hydrogen (secondary N) is 2. The van der Waals surface area contributed by atoms with Gasteiger partial charge in [-0.3, -0.25) is 14.3 Å². The number of hydrogen-bond acceptors (Lipinski definition) is 5. The number of benzene rings is 2. The summed E-state index contributed by atoms with van der Waals surface area (Å²) in [6, 6.07) is 12.4. The fourth-order valence-corrected chi connectivity index (χ4v) is 3.48. The Kier molecular flexibility index (Phi) is 5.81. The van der Waals surface area contributed by atoms with Crippen molar-refractivity contribution in [2.45, 2.75) is 19.8 Å². The van der Waals surface area contributed by atoms with E-state index in [0.717, 1.165) is 29.5 Å². The molecule has 0 aliphatic carbocycles. The lowest BCUT2D eigenvalue weighted by molar-refractivity contribution is 0.102. The lowest BCUT2D eigenvalue weighted by Gasteiger charge is -2.10. The Bertz CT molecular complexity index is 1300. The lowest BCUT2D eigenvalue weighted by Crippen LogP contribution is -2.16. The second kappa shape index (κ2) is 8.69. The highest BCUT2D eigenvalue weighted by molar-refractivity contribution is 6.31. The van der Waals surface area contributed by atoms with Crippen molar-refractivity contribution in [3.05, 3.63) is 63.7 Å². The van der Waals surface area contributed by atoms with Gasteiger partial charge in [0.15, 0.2) is 5.82 Å². The van der Waals surface area contributed by atoms with Crippen LogP contribution in [0, 0.1) is 0 Å². The molecule has 8 nitrogen and oxygen atoms in total. The minimum Gasteiger partial charge on any atom is -0.494 e. The van der Waals surface area contributed by atoms with Gasteiger partial charge in [0, 0.05) is 29.1 Å². The van der Waals surface area contributed by atoms with E-state index in [0.29, 0.717) is 28.6 Å². The van der Waals surface area contributed by atoms with Crippen LogP contribution in [0.2, 0.25) is 5.02 Å². The Balaban J connectivity index is 1.63. The van der Waals surface area contributed by atoms with Crippen LogP contribution in [0.1, 0.15) is 30.3 Å². The zero-order valence-electron chi connectivity index (χ0n) is 17.1. The fraction of sp³-hybridized carbons (Fsp3) is 0.227. The molecule has 2 N–H and O–H groups in total. The van der Waals surface area contributed by atoms with E-state index >= 15 is 0 Å². The van der Waals surface area contributed by atoms with Crippen LogP contribution < -0.4 is 15.8 Å². The molecule has 2 aromatic heterocycles. The monoisotopic (exact) mass is 440 g/mol. The van der Waals surface area contributed by atoms with Crippen LogP contribution in [-0.2, 0) is 7.05 Å². The molecule has 2 heterocycles. The number of amides is 1. The number of carbonyl (C=O) groups is 1. The molecule has 0 saturated carbocycles. The third-order valence-corrected chi connectivity index (χ3v) is 5.18. The van der Waals surface area contributed by atoms with Gasteiger partial charge in [-0.05, 0) is 42.8 Å². The van der Waals surface area contributed by atoms with E-state index in [4.69, 9.17) is 16.3 Å². The average molecular weight is 441 g/mol. The topological polar surface area (TPSA) is 102 Å². The predicted octanol–water partition coefficient (Wildman–Crippen LogP) is 4.61. The van der Waals surface area contributed by atoms with Gasteiger partial charge in [0.2, 0.25) is 0 Å². The summed E-state index contributed by atoms with van der Waals surface area (Å²) >= 11 is 6.09. The van der Waals surface area contributed by atoms with Crippen molar-refractivity contribution in [3.8, 4) is 17.1 Å². The highest BCUT2D eigenvalue weighted by Crippen LogP contribution is 2.29. The maximum Gasteiger partial charge on any atom is 0.439 e. The van der Waals surface area contributed by atoms with E-state index in [-0.39, 0.29) is 11.7 Å². The van der Waals surface area contributed by atoms with E-state index in [1.807, 2.05) is 35.9 Å². The third kappa shape index (κ3) is 4.34. The third-order valence-electron chi connectivity index (χ3n) is 4.94. The minimum absolute atomic E-state index is 0.175. The summed E-state index contributed by atoms with van der Waals surface area (Å²) in [7, 11) is 1.82. The summed E-state index contributed by atoms with van der Waals surface area (Å²) in [5, 5.41) is 7.91. The normalized spacial score (nSPS) is 11.1. The summed E-state index contributed by atoms with van der Waals surface area (Å²) in [5.41, 5.74) is 2.23. The zero-order chi connectivity index (χ0) is 22.0. The predicted molar refractivity (Wildman–Crippen MR) is 119 cm³/mol. The molecule has 0 aliphatic heterocycles. The molecule has 0 atom stereocenters. The molecule has 0 saturated heterocycles. The Hall–Kier alpha value is -3.52. The van der Waals surface area contributed by atoms with Crippen molar-refractivity contribution in [3.63, 3.8) is 0 Å². The SMILES string of the molecule is CCCCOc1ccc2cc(C(=O)Nc3ccc(Cl)cc3-c3noc(=O)[nH]3)n(C)c2c1. The Labute approximate surface area is 182 Å². The van der Waals surface area contributed by atoms with Crippen LogP contribution in [0.15, 0.2) is 51.8 Å². The number of anilines is 1. The molecule has 31 heavy (non-hydrogen) atoms. The molecule has 160 valence electrons. The quantitative estimate of drug-likeness (QED) is 0.409. The molecule has 0 aliphatic rings. The number of fused-ring (bicyclic) bond motifs is 1. The smallest absolute Gasteiger partial charge is 0.439 e. The number of ether oxygens (including phenoxy) is 1. The number of aromatic amines is 1. The highest BCUT2D eigenvalue weighted by Gasteiger charge is 2.18. The lowest BCUT2D eigenvalue weighted by atomic mass is 10.1. The fourth-order valence-electron chi connectivity index (χ4n) is 3.31. The highest BCUT2D eigenvalue weighted by atomic mass is 35.5. The number of aromatic nitrogens is 3. The molecule has 2 aromatic carbocycles. The molecule has 0 bridgehead atoms. The number of nitrogens with zero attached hydrogens (tertiary/aromatic N) is 2. The van der Waals surface area contributed by atoms with Gasteiger partial charge in [0.25, 0.3) is 5.91 Å². The number of H-pyrrole nitrogens is 1. The van der Waals surface area contributed by atoms with Crippen LogP contribution in [0.25, 0.3) is 22.3 Å². The molecule has 0 spiro atoms. The van der Waals surface area contributed by atoms with Gasteiger partial charge >= 0.3 is 5.76 Å². The van der Waals surface area contributed by atoms with Gasteiger partial charge in [-0.15, -0.1) is 0 Å². The van der Waals surface area contributed by atoms with Crippen LogP contribution in [0.5, 0.6) is 5.75 Å². The van der Waals surface area contributed by atoms with Crippen molar-refractivity contribution >= 4 is 34.1 Å². The number of hydrogen-bond donors (Lipinski definition) is 2. The molecule has 4 rings (SSSR count). The number of halogens is 1. The molecular formula is C22H21ClN4O4. The van der Waals surface area contributed by atoms with E-state index in [1.54, 1.807) is 18.2 Å². The van der Waals surface area contributed by atoms with Crippen molar-refractivity contribution < 1.29 is 14.1 Å². The molecule has 0 radical (unpaired) electrons. The van der Waals surface area contributed by atoms with Gasteiger partial charge in [0.1, 0.15) is 11.4 Å². The van der Waals surface area contributed by atoms with Crippen LogP contribution in [-0.4, -0.2) is 27.2 Å².